The van der Waals surface area contributed by atoms with Crippen LogP contribution in [0, 0.1) is 0 Å². The molecule has 1 nitrogen and oxygen atoms in total. The third-order valence-corrected chi connectivity index (χ3v) is 5.36. The second-order valence-electron chi connectivity index (χ2n) is 5.18. The highest BCUT2D eigenvalue weighted by Gasteiger charge is 2.18. The summed E-state index contributed by atoms with van der Waals surface area (Å²) in [7, 11) is 0. The van der Waals surface area contributed by atoms with Crippen LogP contribution < -0.4 is 5.73 Å². The smallest absolute Gasteiger partial charge is 0.0501 e. The first kappa shape index (κ1) is 14.6. The SMILES string of the molecule is CC(C)c1ccc(SC(c2ccsc2)C(C)N)cc1. The lowest BCUT2D eigenvalue weighted by Gasteiger charge is -2.19. The fraction of sp³-hybridized carbons (Fsp3) is 0.375. The summed E-state index contributed by atoms with van der Waals surface area (Å²) < 4.78 is 0. The minimum absolute atomic E-state index is 0.143. The Morgan fingerprint density at radius 3 is 2.16 bits per heavy atom. The first-order valence-electron chi connectivity index (χ1n) is 6.62. The maximum atomic E-state index is 6.14. The molecule has 1 aromatic heterocycles. The molecule has 1 heterocycles. The van der Waals surface area contributed by atoms with Gasteiger partial charge in [0.15, 0.2) is 0 Å². The Balaban J connectivity index is 2.13. The van der Waals surface area contributed by atoms with Gasteiger partial charge in [0.25, 0.3) is 0 Å². The molecule has 0 fully saturated rings. The fourth-order valence-corrected chi connectivity index (χ4v) is 3.86. The summed E-state index contributed by atoms with van der Waals surface area (Å²) in [6.07, 6.45) is 0. The van der Waals surface area contributed by atoms with Crippen molar-refractivity contribution < 1.29 is 0 Å². The molecule has 0 saturated carbocycles. The Morgan fingerprint density at radius 1 is 1.00 bits per heavy atom. The molecular formula is C16H21NS2. The topological polar surface area (TPSA) is 26.0 Å². The van der Waals surface area contributed by atoms with Gasteiger partial charge >= 0.3 is 0 Å². The van der Waals surface area contributed by atoms with Gasteiger partial charge in [-0.25, -0.2) is 0 Å². The highest BCUT2D eigenvalue weighted by atomic mass is 32.2. The summed E-state index contributed by atoms with van der Waals surface area (Å²) >= 11 is 3.59. The van der Waals surface area contributed by atoms with Gasteiger partial charge in [-0.15, -0.1) is 11.8 Å². The largest absolute Gasteiger partial charge is 0.327 e. The number of thiophene rings is 1. The van der Waals surface area contributed by atoms with Crippen molar-refractivity contribution in [2.24, 2.45) is 5.73 Å². The van der Waals surface area contributed by atoms with Gasteiger partial charge in [0, 0.05) is 10.9 Å². The molecule has 0 aliphatic heterocycles. The standard InChI is InChI=1S/C16H21NS2/c1-11(2)13-4-6-15(7-5-13)19-16(12(3)17)14-8-9-18-10-14/h4-12,16H,17H2,1-3H3. The van der Waals surface area contributed by atoms with E-state index in [2.05, 4.69) is 61.9 Å². The molecule has 0 aliphatic rings. The highest BCUT2D eigenvalue weighted by Crippen LogP contribution is 2.38. The molecule has 19 heavy (non-hydrogen) atoms. The lowest BCUT2D eigenvalue weighted by atomic mass is 10.0. The second kappa shape index (κ2) is 6.60. The molecule has 1 aromatic carbocycles. The summed E-state index contributed by atoms with van der Waals surface area (Å²) in [5, 5.41) is 4.65. The molecule has 0 aliphatic carbocycles. The number of thioether (sulfide) groups is 1. The van der Waals surface area contributed by atoms with E-state index in [-0.39, 0.29) is 6.04 Å². The maximum absolute atomic E-state index is 6.14. The summed E-state index contributed by atoms with van der Waals surface area (Å²) in [5.74, 6) is 0.583. The van der Waals surface area contributed by atoms with Crippen molar-refractivity contribution in [3.8, 4) is 0 Å². The van der Waals surface area contributed by atoms with Crippen LogP contribution in [-0.2, 0) is 0 Å². The first-order valence-corrected chi connectivity index (χ1v) is 8.44. The normalized spacial score (nSPS) is 14.6. The van der Waals surface area contributed by atoms with Crippen LogP contribution in [0.2, 0.25) is 0 Å². The van der Waals surface area contributed by atoms with Crippen molar-refractivity contribution in [1.82, 2.24) is 0 Å². The molecule has 3 heteroatoms. The number of nitrogens with two attached hydrogens (primary N) is 1. The number of benzene rings is 1. The van der Waals surface area contributed by atoms with E-state index in [9.17, 15) is 0 Å². The molecule has 2 rings (SSSR count). The monoisotopic (exact) mass is 291 g/mol. The predicted octanol–water partition coefficient (Wildman–Crippen LogP) is 5.05. The number of hydrogen-bond donors (Lipinski definition) is 1. The van der Waals surface area contributed by atoms with E-state index in [1.807, 2.05) is 11.8 Å². The summed E-state index contributed by atoms with van der Waals surface area (Å²) in [5.41, 5.74) is 8.86. The number of rotatable bonds is 5. The van der Waals surface area contributed by atoms with Gasteiger partial charge < -0.3 is 5.73 Å². The van der Waals surface area contributed by atoms with Crippen molar-refractivity contribution in [2.75, 3.05) is 0 Å². The summed E-state index contributed by atoms with van der Waals surface area (Å²) in [6, 6.07) is 11.2. The molecule has 0 amide bonds. The average Bonchev–Trinajstić information content (AvgIpc) is 2.89. The van der Waals surface area contributed by atoms with Gasteiger partial charge in [0.2, 0.25) is 0 Å². The second-order valence-corrected chi connectivity index (χ2v) is 7.17. The van der Waals surface area contributed by atoms with Gasteiger partial charge in [-0.05, 0) is 52.9 Å². The zero-order valence-corrected chi connectivity index (χ0v) is 13.3. The molecule has 2 atom stereocenters. The Labute approximate surface area is 124 Å². The van der Waals surface area contributed by atoms with Gasteiger partial charge in [0.1, 0.15) is 0 Å². The Bertz CT molecular complexity index is 486. The van der Waals surface area contributed by atoms with Crippen molar-refractivity contribution in [1.29, 1.82) is 0 Å². The van der Waals surface area contributed by atoms with E-state index in [1.165, 1.54) is 16.0 Å². The van der Waals surface area contributed by atoms with Crippen LogP contribution in [0.3, 0.4) is 0 Å². The zero-order chi connectivity index (χ0) is 13.8. The van der Waals surface area contributed by atoms with Gasteiger partial charge in [-0.3, -0.25) is 0 Å². The van der Waals surface area contributed by atoms with Gasteiger partial charge in [-0.2, -0.15) is 11.3 Å². The molecule has 0 bridgehead atoms. The Morgan fingerprint density at radius 2 is 1.68 bits per heavy atom. The van der Waals surface area contributed by atoms with Crippen LogP contribution in [0.4, 0.5) is 0 Å². The zero-order valence-electron chi connectivity index (χ0n) is 11.7. The van der Waals surface area contributed by atoms with E-state index in [4.69, 9.17) is 5.73 Å². The lowest BCUT2D eigenvalue weighted by Crippen LogP contribution is -2.22. The highest BCUT2D eigenvalue weighted by molar-refractivity contribution is 7.99. The third kappa shape index (κ3) is 3.85. The summed E-state index contributed by atoms with van der Waals surface area (Å²) in [6.45, 7) is 6.52. The van der Waals surface area contributed by atoms with Crippen LogP contribution in [0.25, 0.3) is 0 Å². The molecule has 0 spiro atoms. The molecule has 102 valence electrons. The molecule has 0 radical (unpaired) electrons. The van der Waals surface area contributed by atoms with E-state index in [0.29, 0.717) is 11.2 Å². The van der Waals surface area contributed by atoms with E-state index in [1.54, 1.807) is 11.3 Å². The molecule has 2 unspecified atom stereocenters. The van der Waals surface area contributed by atoms with Gasteiger partial charge in [-0.1, -0.05) is 26.0 Å². The van der Waals surface area contributed by atoms with Crippen molar-refractivity contribution in [3.05, 3.63) is 52.2 Å². The van der Waals surface area contributed by atoms with E-state index >= 15 is 0 Å². The maximum Gasteiger partial charge on any atom is 0.0501 e. The van der Waals surface area contributed by atoms with Crippen LogP contribution in [0.15, 0.2) is 46.0 Å². The third-order valence-electron chi connectivity index (χ3n) is 3.16. The molecule has 2 N–H and O–H groups in total. The molecule has 2 aromatic rings. The van der Waals surface area contributed by atoms with Crippen molar-refractivity contribution in [3.63, 3.8) is 0 Å². The van der Waals surface area contributed by atoms with Crippen LogP contribution in [0.1, 0.15) is 43.1 Å². The van der Waals surface area contributed by atoms with E-state index < -0.39 is 0 Å². The van der Waals surface area contributed by atoms with Crippen LogP contribution in [0.5, 0.6) is 0 Å². The van der Waals surface area contributed by atoms with Crippen molar-refractivity contribution in [2.45, 2.75) is 42.9 Å². The van der Waals surface area contributed by atoms with Gasteiger partial charge in [0.05, 0.1) is 5.25 Å². The average molecular weight is 291 g/mol. The molecule has 0 saturated heterocycles. The van der Waals surface area contributed by atoms with Crippen molar-refractivity contribution >= 4 is 23.1 Å². The summed E-state index contributed by atoms with van der Waals surface area (Å²) in [4.78, 5) is 1.29. The van der Waals surface area contributed by atoms with E-state index in [0.717, 1.165) is 0 Å². The minimum Gasteiger partial charge on any atom is -0.327 e. The molecular weight excluding hydrogens is 270 g/mol. The Hall–Kier alpha value is -0.770. The van der Waals surface area contributed by atoms with Crippen LogP contribution >= 0.6 is 23.1 Å². The minimum atomic E-state index is 0.143. The van der Waals surface area contributed by atoms with Crippen LogP contribution in [-0.4, -0.2) is 6.04 Å². The predicted molar refractivity (Wildman–Crippen MR) is 87.1 cm³/mol. The number of hydrogen-bond acceptors (Lipinski definition) is 3. The lowest BCUT2D eigenvalue weighted by molar-refractivity contribution is 0.723. The first-order chi connectivity index (χ1) is 9.08. The quantitative estimate of drug-likeness (QED) is 0.780. The Kier molecular flexibility index (Phi) is 5.08. The fourth-order valence-electron chi connectivity index (χ4n) is 1.99.